The zero-order valence-electron chi connectivity index (χ0n) is 10.5. The Balaban J connectivity index is 2.89. The van der Waals surface area contributed by atoms with Gasteiger partial charge >= 0.3 is 0 Å². The first-order valence-corrected chi connectivity index (χ1v) is 7.36. The Labute approximate surface area is 108 Å². The van der Waals surface area contributed by atoms with Crippen LogP contribution in [0.25, 0.3) is 0 Å². The molecule has 2 atom stereocenters. The first kappa shape index (κ1) is 14.7. The van der Waals surface area contributed by atoms with Crippen LogP contribution in [-0.4, -0.2) is 25.9 Å². The molecular formula is C13H17NO3S. The monoisotopic (exact) mass is 267 g/mol. The highest BCUT2D eigenvalue weighted by Crippen LogP contribution is 2.19. The summed E-state index contributed by atoms with van der Waals surface area (Å²) < 4.78 is 24.2. The number of nitriles is 1. The molecule has 18 heavy (non-hydrogen) atoms. The van der Waals surface area contributed by atoms with E-state index in [0.717, 1.165) is 5.56 Å². The lowest BCUT2D eigenvalue weighted by atomic mass is 9.99. The molecule has 0 heterocycles. The minimum atomic E-state index is -3.40. The summed E-state index contributed by atoms with van der Waals surface area (Å²) >= 11 is 0. The summed E-state index contributed by atoms with van der Waals surface area (Å²) in [7, 11) is -3.40. The van der Waals surface area contributed by atoms with E-state index in [1.165, 1.54) is 0 Å². The normalized spacial score (nSPS) is 14.8. The lowest BCUT2D eigenvalue weighted by molar-refractivity contribution is 0.226. The number of nitrogens with zero attached hydrogens (tertiary/aromatic N) is 1. The highest BCUT2D eigenvalue weighted by Gasteiger charge is 2.24. The summed E-state index contributed by atoms with van der Waals surface area (Å²) in [5.74, 6) is -1.17. The molecule has 5 heteroatoms. The number of benzene rings is 1. The molecule has 1 aromatic rings. The van der Waals surface area contributed by atoms with Crippen LogP contribution in [0.1, 0.15) is 12.5 Å². The van der Waals surface area contributed by atoms with Crippen LogP contribution in [0.4, 0.5) is 0 Å². The maximum Gasteiger partial charge on any atom is 0.178 e. The first-order valence-electron chi connectivity index (χ1n) is 5.70. The third-order valence-electron chi connectivity index (χ3n) is 2.91. The van der Waals surface area contributed by atoms with Gasteiger partial charge in [-0.05, 0) is 25.0 Å². The Kier molecular flexibility index (Phi) is 4.88. The van der Waals surface area contributed by atoms with Crippen molar-refractivity contribution in [2.45, 2.75) is 18.7 Å². The van der Waals surface area contributed by atoms with E-state index >= 15 is 0 Å². The molecule has 0 amide bonds. The van der Waals surface area contributed by atoms with E-state index in [2.05, 4.69) is 0 Å². The highest BCUT2D eigenvalue weighted by atomic mass is 32.2. The maximum absolute atomic E-state index is 12.1. The number of hydrogen-bond donors (Lipinski definition) is 1. The fraction of sp³-hybridized carbons (Fsp3) is 0.462. The van der Waals surface area contributed by atoms with Gasteiger partial charge in [0.1, 0.15) is 0 Å². The van der Waals surface area contributed by atoms with E-state index in [9.17, 15) is 8.42 Å². The van der Waals surface area contributed by atoms with Gasteiger partial charge in [-0.1, -0.05) is 24.6 Å². The Morgan fingerprint density at radius 2 is 1.89 bits per heavy atom. The van der Waals surface area contributed by atoms with Crippen molar-refractivity contribution in [2.75, 3.05) is 12.4 Å². The van der Waals surface area contributed by atoms with Crippen LogP contribution < -0.4 is 0 Å². The van der Waals surface area contributed by atoms with E-state index < -0.39 is 21.7 Å². The molecule has 4 nitrogen and oxygen atoms in total. The molecule has 0 spiro atoms. The third kappa shape index (κ3) is 3.56. The van der Waals surface area contributed by atoms with Crippen molar-refractivity contribution in [3.63, 3.8) is 0 Å². The Hall–Kier alpha value is -1.38. The van der Waals surface area contributed by atoms with E-state index in [4.69, 9.17) is 10.4 Å². The molecule has 1 rings (SSSR count). The summed E-state index contributed by atoms with van der Waals surface area (Å²) in [4.78, 5) is 0.259. The van der Waals surface area contributed by atoms with Gasteiger partial charge in [0.2, 0.25) is 0 Å². The molecule has 0 fully saturated rings. The molecule has 1 aromatic carbocycles. The van der Waals surface area contributed by atoms with Gasteiger partial charge in [-0.2, -0.15) is 5.26 Å². The van der Waals surface area contributed by atoms with Gasteiger partial charge in [-0.3, -0.25) is 0 Å². The van der Waals surface area contributed by atoms with Gasteiger partial charge in [0.25, 0.3) is 0 Å². The summed E-state index contributed by atoms with van der Waals surface area (Å²) in [6, 6.07) is 8.54. The van der Waals surface area contributed by atoms with Gasteiger partial charge in [-0.15, -0.1) is 0 Å². The van der Waals surface area contributed by atoms with Crippen LogP contribution in [-0.2, 0) is 9.84 Å². The molecule has 0 aliphatic heterocycles. The molecular weight excluding hydrogens is 250 g/mol. The lowest BCUT2D eigenvalue weighted by Gasteiger charge is -2.15. The Bertz CT molecular complexity index is 528. The van der Waals surface area contributed by atoms with Crippen LogP contribution in [0.3, 0.4) is 0 Å². The topological polar surface area (TPSA) is 78.2 Å². The maximum atomic E-state index is 12.1. The molecule has 2 unspecified atom stereocenters. The highest BCUT2D eigenvalue weighted by molar-refractivity contribution is 7.91. The summed E-state index contributed by atoms with van der Waals surface area (Å²) in [6.07, 6.45) is 0. The van der Waals surface area contributed by atoms with E-state index in [1.54, 1.807) is 31.2 Å². The molecule has 0 radical (unpaired) electrons. The fourth-order valence-corrected chi connectivity index (χ4v) is 3.32. The molecule has 1 N–H and O–H groups in total. The number of aliphatic hydroxyl groups is 1. The smallest absolute Gasteiger partial charge is 0.178 e. The quantitative estimate of drug-likeness (QED) is 0.877. The number of rotatable bonds is 5. The second-order valence-corrected chi connectivity index (χ2v) is 6.52. The summed E-state index contributed by atoms with van der Waals surface area (Å²) in [5.41, 5.74) is 0.993. The SMILES string of the molecule is Cc1ccc(S(=O)(=O)CC(C)C(C#N)CO)cc1. The molecule has 0 aliphatic rings. The lowest BCUT2D eigenvalue weighted by Crippen LogP contribution is -2.23. The summed E-state index contributed by atoms with van der Waals surface area (Å²) in [6.45, 7) is 3.23. The average Bonchev–Trinajstić information content (AvgIpc) is 2.30. The van der Waals surface area contributed by atoms with Crippen molar-refractivity contribution < 1.29 is 13.5 Å². The average molecular weight is 267 g/mol. The van der Waals surface area contributed by atoms with Crippen LogP contribution >= 0.6 is 0 Å². The van der Waals surface area contributed by atoms with Crippen LogP contribution in [0.2, 0.25) is 0 Å². The number of aliphatic hydroxyl groups excluding tert-OH is 1. The standard InChI is InChI=1S/C13H17NO3S/c1-10-3-5-13(6-4-10)18(16,17)9-11(2)12(7-14)8-15/h3-6,11-12,15H,8-9H2,1-2H3. The molecule has 0 saturated heterocycles. The predicted molar refractivity (Wildman–Crippen MR) is 68.6 cm³/mol. The molecule has 0 bridgehead atoms. The van der Waals surface area contributed by atoms with Crippen molar-refractivity contribution in [3.05, 3.63) is 29.8 Å². The van der Waals surface area contributed by atoms with Gasteiger partial charge < -0.3 is 5.11 Å². The first-order chi connectivity index (χ1) is 8.40. The van der Waals surface area contributed by atoms with Gasteiger partial charge in [0.05, 0.1) is 29.2 Å². The predicted octanol–water partition coefficient (Wildman–Crippen LogP) is 1.54. The van der Waals surface area contributed by atoms with Crippen molar-refractivity contribution in [1.82, 2.24) is 0 Å². The second-order valence-electron chi connectivity index (χ2n) is 4.49. The van der Waals surface area contributed by atoms with Crippen molar-refractivity contribution in [2.24, 2.45) is 11.8 Å². The van der Waals surface area contributed by atoms with E-state index in [0.29, 0.717) is 0 Å². The van der Waals surface area contributed by atoms with Crippen molar-refractivity contribution in [3.8, 4) is 6.07 Å². The molecule has 0 aromatic heterocycles. The molecule has 0 saturated carbocycles. The fourth-order valence-electron chi connectivity index (χ4n) is 1.65. The van der Waals surface area contributed by atoms with Crippen LogP contribution in [0, 0.1) is 30.1 Å². The minimum absolute atomic E-state index is 0.130. The van der Waals surface area contributed by atoms with Crippen molar-refractivity contribution >= 4 is 9.84 Å². The third-order valence-corrected chi connectivity index (χ3v) is 4.87. The van der Waals surface area contributed by atoms with E-state index in [1.807, 2.05) is 13.0 Å². The zero-order valence-corrected chi connectivity index (χ0v) is 11.3. The summed E-state index contributed by atoms with van der Waals surface area (Å²) in [5, 5.41) is 17.8. The number of hydrogen-bond acceptors (Lipinski definition) is 4. The van der Waals surface area contributed by atoms with Crippen LogP contribution in [0.15, 0.2) is 29.2 Å². The molecule has 0 aliphatic carbocycles. The van der Waals surface area contributed by atoms with Crippen molar-refractivity contribution in [1.29, 1.82) is 5.26 Å². The van der Waals surface area contributed by atoms with Gasteiger partial charge in [0.15, 0.2) is 9.84 Å². The second kappa shape index (κ2) is 5.98. The number of aryl methyl sites for hydroxylation is 1. The minimum Gasteiger partial charge on any atom is -0.395 e. The largest absolute Gasteiger partial charge is 0.395 e. The van der Waals surface area contributed by atoms with Gasteiger partial charge in [-0.25, -0.2) is 8.42 Å². The number of sulfone groups is 1. The van der Waals surface area contributed by atoms with Crippen LogP contribution in [0.5, 0.6) is 0 Å². The molecule has 98 valence electrons. The Morgan fingerprint density at radius 3 is 2.33 bits per heavy atom. The zero-order chi connectivity index (χ0) is 13.8. The Morgan fingerprint density at radius 1 is 1.33 bits per heavy atom. The van der Waals surface area contributed by atoms with Gasteiger partial charge in [0, 0.05) is 0 Å². The van der Waals surface area contributed by atoms with E-state index in [-0.39, 0.29) is 17.3 Å².